The number of ether oxygens (including phenoxy) is 2. The van der Waals surface area contributed by atoms with Crippen molar-refractivity contribution in [2.75, 3.05) is 26.6 Å². The third kappa shape index (κ3) is 2.94. The molecule has 0 bridgehead atoms. The zero-order valence-electron chi connectivity index (χ0n) is 14.2. The van der Waals surface area contributed by atoms with E-state index in [2.05, 4.69) is 5.32 Å². The normalized spacial score (nSPS) is 15.2. The lowest BCUT2D eigenvalue weighted by Crippen LogP contribution is -2.38. The number of nitrogens with one attached hydrogen (secondary N) is 1. The maximum absolute atomic E-state index is 12.6. The fourth-order valence-corrected chi connectivity index (χ4v) is 2.68. The van der Waals surface area contributed by atoms with Gasteiger partial charge in [0.15, 0.2) is 11.5 Å². The first-order chi connectivity index (χ1) is 12.1. The summed E-state index contributed by atoms with van der Waals surface area (Å²) in [6.07, 6.45) is 1.60. The van der Waals surface area contributed by atoms with E-state index in [4.69, 9.17) is 9.47 Å². The first-order valence-electron chi connectivity index (χ1n) is 7.67. The van der Waals surface area contributed by atoms with E-state index < -0.39 is 0 Å². The third-order valence-electron chi connectivity index (χ3n) is 4.04. The zero-order valence-corrected chi connectivity index (χ0v) is 14.2. The fraction of sp³-hybridized carbons (Fsp3) is 0.158. The number of likely N-dealkylation sites (N-methyl/N-ethyl adjacent to an activating group) is 1. The Hall–Kier alpha value is -3.28. The number of nitrogens with zero attached hydrogens (tertiary/aromatic N) is 1. The minimum Gasteiger partial charge on any atom is -0.493 e. The molecule has 0 radical (unpaired) electrons. The SMILES string of the molecule is COc1cc2c(cc1OC)/C(=C/Nc1ccccc1)C(=O)N(C)C2=O. The summed E-state index contributed by atoms with van der Waals surface area (Å²) in [6.45, 7) is 0. The molecule has 25 heavy (non-hydrogen) atoms. The number of amides is 2. The molecule has 0 saturated carbocycles. The van der Waals surface area contributed by atoms with Crippen LogP contribution in [-0.2, 0) is 4.79 Å². The van der Waals surface area contributed by atoms with Crippen LogP contribution >= 0.6 is 0 Å². The third-order valence-corrected chi connectivity index (χ3v) is 4.04. The molecule has 6 heteroatoms. The van der Waals surface area contributed by atoms with Crippen molar-refractivity contribution >= 4 is 23.1 Å². The molecule has 1 N–H and O–H groups in total. The number of fused-ring (bicyclic) bond motifs is 1. The second kappa shape index (κ2) is 6.68. The number of rotatable bonds is 4. The van der Waals surface area contributed by atoms with Gasteiger partial charge in [0, 0.05) is 24.5 Å². The number of carbonyl (C=O) groups excluding carboxylic acids is 2. The zero-order chi connectivity index (χ0) is 18.0. The molecule has 3 rings (SSSR count). The Morgan fingerprint density at radius 1 is 0.920 bits per heavy atom. The number of carbonyl (C=O) groups is 2. The maximum atomic E-state index is 12.6. The van der Waals surface area contributed by atoms with Gasteiger partial charge in [0.05, 0.1) is 25.4 Å². The molecule has 0 spiro atoms. The average Bonchev–Trinajstić information content (AvgIpc) is 2.66. The molecular formula is C19H18N2O4. The summed E-state index contributed by atoms with van der Waals surface area (Å²) in [5.41, 5.74) is 2.11. The van der Waals surface area contributed by atoms with Crippen LogP contribution in [-0.4, -0.2) is 38.0 Å². The minimum atomic E-state index is -0.381. The van der Waals surface area contributed by atoms with Crippen LogP contribution in [0.3, 0.4) is 0 Å². The number of benzene rings is 2. The van der Waals surface area contributed by atoms with Gasteiger partial charge in [-0.2, -0.15) is 0 Å². The van der Waals surface area contributed by atoms with Crippen LogP contribution in [0.2, 0.25) is 0 Å². The van der Waals surface area contributed by atoms with Crippen LogP contribution in [0.5, 0.6) is 11.5 Å². The van der Waals surface area contributed by atoms with Crippen molar-refractivity contribution in [3.8, 4) is 11.5 Å². The molecule has 1 aliphatic rings. The van der Waals surface area contributed by atoms with Crippen LogP contribution in [0.25, 0.3) is 5.57 Å². The highest BCUT2D eigenvalue weighted by Gasteiger charge is 2.33. The van der Waals surface area contributed by atoms with Crippen molar-refractivity contribution in [1.82, 2.24) is 4.90 Å². The first kappa shape index (κ1) is 16.6. The lowest BCUT2D eigenvalue weighted by Gasteiger charge is -2.26. The Balaban J connectivity index is 2.11. The summed E-state index contributed by atoms with van der Waals surface area (Å²) >= 11 is 0. The number of hydrogen-bond acceptors (Lipinski definition) is 5. The highest BCUT2D eigenvalue weighted by Crippen LogP contribution is 2.37. The smallest absolute Gasteiger partial charge is 0.262 e. The van der Waals surface area contributed by atoms with E-state index in [0.29, 0.717) is 28.2 Å². The number of anilines is 1. The number of imide groups is 1. The highest BCUT2D eigenvalue weighted by atomic mass is 16.5. The van der Waals surface area contributed by atoms with E-state index in [-0.39, 0.29) is 11.8 Å². The van der Waals surface area contributed by atoms with Crippen LogP contribution in [0, 0.1) is 0 Å². The lowest BCUT2D eigenvalue weighted by molar-refractivity contribution is -0.121. The van der Waals surface area contributed by atoms with Crippen LogP contribution in [0.4, 0.5) is 5.69 Å². The molecule has 0 fully saturated rings. The molecule has 0 saturated heterocycles. The predicted octanol–water partition coefficient (Wildman–Crippen LogP) is 2.77. The number of hydrogen-bond donors (Lipinski definition) is 1. The van der Waals surface area contributed by atoms with Gasteiger partial charge in [0.2, 0.25) is 0 Å². The summed E-state index contributed by atoms with van der Waals surface area (Å²) in [6, 6.07) is 12.7. The summed E-state index contributed by atoms with van der Waals surface area (Å²) < 4.78 is 10.6. The van der Waals surface area contributed by atoms with Crippen molar-refractivity contribution in [3.05, 3.63) is 59.8 Å². The van der Waals surface area contributed by atoms with E-state index in [1.165, 1.54) is 21.3 Å². The molecule has 2 amide bonds. The summed E-state index contributed by atoms with van der Waals surface area (Å²) in [7, 11) is 4.47. The largest absolute Gasteiger partial charge is 0.493 e. The average molecular weight is 338 g/mol. The van der Waals surface area contributed by atoms with E-state index >= 15 is 0 Å². The summed E-state index contributed by atoms with van der Waals surface area (Å²) in [5.74, 6) is 0.135. The molecule has 1 heterocycles. The van der Waals surface area contributed by atoms with E-state index in [0.717, 1.165) is 10.6 Å². The van der Waals surface area contributed by atoms with Crippen molar-refractivity contribution in [2.45, 2.75) is 0 Å². The lowest BCUT2D eigenvalue weighted by atomic mass is 9.93. The van der Waals surface area contributed by atoms with Crippen LogP contribution in [0.1, 0.15) is 15.9 Å². The molecule has 6 nitrogen and oxygen atoms in total. The van der Waals surface area contributed by atoms with E-state index in [1.807, 2.05) is 30.3 Å². The number of methoxy groups -OCH3 is 2. The Morgan fingerprint density at radius 3 is 2.12 bits per heavy atom. The number of para-hydroxylation sites is 1. The second-order valence-electron chi connectivity index (χ2n) is 5.49. The van der Waals surface area contributed by atoms with Gasteiger partial charge in [0.1, 0.15) is 0 Å². The molecule has 128 valence electrons. The van der Waals surface area contributed by atoms with Crippen molar-refractivity contribution < 1.29 is 19.1 Å². The van der Waals surface area contributed by atoms with Gasteiger partial charge in [-0.3, -0.25) is 14.5 Å². The monoisotopic (exact) mass is 338 g/mol. The van der Waals surface area contributed by atoms with Gasteiger partial charge in [-0.1, -0.05) is 18.2 Å². The van der Waals surface area contributed by atoms with Gasteiger partial charge < -0.3 is 14.8 Å². The predicted molar refractivity (Wildman–Crippen MR) is 94.7 cm³/mol. The van der Waals surface area contributed by atoms with Gasteiger partial charge in [-0.15, -0.1) is 0 Å². The quantitative estimate of drug-likeness (QED) is 0.686. The molecule has 0 unspecified atom stereocenters. The second-order valence-corrected chi connectivity index (χ2v) is 5.49. The van der Waals surface area contributed by atoms with Crippen molar-refractivity contribution in [2.24, 2.45) is 0 Å². The van der Waals surface area contributed by atoms with Crippen molar-refractivity contribution in [1.29, 1.82) is 0 Å². The highest BCUT2D eigenvalue weighted by molar-refractivity contribution is 6.31. The molecule has 2 aromatic carbocycles. The molecule has 0 atom stereocenters. The fourth-order valence-electron chi connectivity index (χ4n) is 2.68. The van der Waals surface area contributed by atoms with E-state index in [1.54, 1.807) is 18.3 Å². The van der Waals surface area contributed by atoms with Crippen LogP contribution < -0.4 is 14.8 Å². The minimum absolute atomic E-state index is 0.377. The Bertz CT molecular complexity index is 859. The van der Waals surface area contributed by atoms with Gasteiger partial charge in [-0.05, 0) is 24.3 Å². The van der Waals surface area contributed by atoms with Crippen molar-refractivity contribution in [3.63, 3.8) is 0 Å². The Morgan fingerprint density at radius 2 is 1.52 bits per heavy atom. The van der Waals surface area contributed by atoms with Gasteiger partial charge in [-0.25, -0.2) is 0 Å². The molecule has 1 aliphatic heterocycles. The molecule has 0 aromatic heterocycles. The van der Waals surface area contributed by atoms with Crippen LogP contribution in [0.15, 0.2) is 48.7 Å². The Labute approximate surface area is 145 Å². The summed E-state index contributed by atoms with van der Waals surface area (Å²) in [5, 5.41) is 3.09. The van der Waals surface area contributed by atoms with Gasteiger partial charge in [0.25, 0.3) is 11.8 Å². The van der Waals surface area contributed by atoms with E-state index in [9.17, 15) is 9.59 Å². The maximum Gasteiger partial charge on any atom is 0.262 e. The molecule has 2 aromatic rings. The topological polar surface area (TPSA) is 67.9 Å². The first-order valence-corrected chi connectivity index (χ1v) is 7.67. The molecular weight excluding hydrogens is 320 g/mol. The Kier molecular flexibility index (Phi) is 4.43. The van der Waals surface area contributed by atoms with Gasteiger partial charge >= 0.3 is 0 Å². The standard InChI is InChI=1S/C19H18N2O4/c1-21-18(22)14-10-17(25-3)16(24-2)9-13(14)15(19(21)23)11-20-12-7-5-4-6-8-12/h4-11,20H,1-3H3/b15-11-. The summed E-state index contributed by atoms with van der Waals surface area (Å²) in [4.78, 5) is 26.2. The molecule has 0 aliphatic carbocycles.